The lowest BCUT2D eigenvalue weighted by Crippen LogP contribution is -2.04. The van der Waals surface area contributed by atoms with Crippen molar-refractivity contribution in [2.24, 2.45) is 0 Å². The van der Waals surface area contributed by atoms with Crippen LogP contribution < -0.4 is 4.74 Å². The van der Waals surface area contributed by atoms with Crippen LogP contribution in [0.15, 0.2) is 128 Å². The molecule has 51 heavy (non-hydrogen) atoms. The van der Waals surface area contributed by atoms with E-state index in [1.54, 1.807) is 0 Å². The van der Waals surface area contributed by atoms with E-state index in [4.69, 9.17) is 9.72 Å². The van der Waals surface area contributed by atoms with Gasteiger partial charge in [-0.3, -0.25) is 4.98 Å². The van der Waals surface area contributed by atoms with E-state index in [0.29, 0.717) is 11.8 Å². The number of hydrogen-bond donors (Lipinski definition) is 0. The van der Waals surface area contributed by atoms with E-state index in [2.05, 4.69) is 76.3 Å². The van der Waals surface area contributed by atoms with Gasteiger partial charge in [0.2, 0.25) is 0 Å². The Hall–Kier alpha value is -5.22. The minimum absolute atomic E-state index is 0.680. The van der Waals surface area contributed by atoms with Gasteiger partial charge in [0.05, 0.1) is 17.6 Å². The lowest BCUT2D eigenvalue weighted by atomic mass is 9.83. The third-order valence-electron chi connectivity index (χ3n) is 11.4. The second-order valence-corrected chi connectivity index (χ2v) is 14.7. The summed E-state index contributed by atoms with van der Waals surface area (Å²) in [7, 11) is 0. The highest BCUT2D eigenvalue weighted by atomic mass is 16.5. The number of ether oxygens (including phenoxy) is 1. The third kappa shape index (κ3) is 6.68. The molecule has 2 aliphatic rings. The average molecular weight is 668 g/mol. The van der Waals surface area contributed by atoms with Crippen molar-refractivity contribution in [1.82, 2.24) is 14.5 Å². The van der Waals surface area contributed by atoms with E-state index in [0.717, 1.165) is 46.1 Å². The molecule has 3 heterocycles. The fourth-order valence-corrected chi connectivity index (χ4v) is 8.69. The Morgan fingerprint density at radius 2 is 1.06 bits per heavy atom. The molecule has 0 spiro atoms. The first kappa shape index (κ1) is 31.7. The first-order valence-corrected chi connectivity index (χ1v) is 19.1. The molecule has 0 aliphatic heterocycles. The Labute approximate surface area is 301 Å². The highest BCUT2D eigenvalue weighted by Crippen LogP contribution is 2.40. The van der Waals surface area contributed by atoms with Crippen molar-refractivity contribution in [2.75, 3.05) is 0 Å². The van der Waals surface area contributed by atoms with Crippen molar-refractivity contribution in [3.05, 3.63) is 144 Å². The second-order valence-electron chi connectivity index (χ2n) is 14.7. The van der Waals surface area contributed by atoms with Gasteiger partial charge in [-0.1, -0.05) is 111 Å². The lowest BCUT2D eigenvalue weighted by molar-refractivity contribution is 0.444. The number of aromatic nitrogens is 3. The minimum atomic E-state index is 0.680. The van der Waals surface area contributed by atoms with Crippen LogP contribution in [0.4, 0.5) is 0 Å². The second kappa shape index (κ2) is 14.2. The van der Waals surface area contributed by atoms with Crippen molar-refractivity contribution in [3.8, 4) is 34.0 Å². The fraction of sp³-hybridized carbons (Fsp3) is 0.277. The summed E-state index contributed by atoms with van der Waals surface area (Å²) in [5.74, 6) is 2.82. The summed E-state index contributed by atoms with van der Waals surface area (Å²) in [6, 6.07) is 41.4. The molecule has 254 valence electrons. The van der Waals surface area contributed by atoms with Crippen LogP contribution in [0.1, 0.15) is 92.7 Å². The maximum Gasteiger partial charge on any atom is 0.146 e. The van der Waals surface area contributed by atoms with Crippen LogP contribution in [0, 0.1) is 0 Å². The van der Waals surface area contributed by atoms with Crippen molar-refractivity contribution in [2.45, 2.75) is 82.6 Å². The molecule has 0 atom stereocenters. The first-order valence-electron chi connectivity index (χ1n) is 19.1. The Bertz CT molecular complexity index is 2150. The van der Waals surface area contributed by atoms with E-state index >= 15 is 0 Å². The maximum absolute atomic E-state index is 6.59. The van der Waals surface area contributed by atoms with E-state index in [-0.39, 0.29) is 0 Å². The lowest BCUT2D eigenvalue weighted by Gasteiger charge is -2.22. The van der Waals surface area contributed by atoms with Crippen molar-refractivity contribution in [3.63, 3.8) is 0 Å². The van der Waals surface area contributed by atoms with E-state index in [1.807, 2.05) is 60.9 Å². The molecule has 2 fully saturated rings. The monoisotopic (exact) mass is 667 g/mol. The van der Waals surface area contributed by atoms with Crippen molar-refractivity contribution in [1.29, 1.82) is 0 Å². The summed E-state index contributed by atoms with van der Waals surface area (Å²) in [6.45, 7) is 0.719. The Kier molecular flexibility index (Phi) is 8.83. The summed E-state index contributed by atoms with van der Waals surface area (Å²) < 4.78 is 9.09. The predicted molar refractivity (Wildman–Crippen MR) is 210 cm³/mol. The van der Waals surface area contributed by atoms with E-state index in [1.165, 1.54) is 97.1 Å². The molecular formula is C47H45N3O. The van der Waals surface area contributed by atoms with Gasteiger partial charge in [0, 0.05) is 57.8 Å². The normalized spacial score (nSPS) is 15.8. The summed E-state index contributed by atoms with van der Waals surface area (Å²) in [4.78, 5) is 9.69. The van der Waals surface area contributed by atoms with Crippen molar-refractivity contribution >= 4 is 21.8 Å². The van der Waals surface area contributed by atoms with Crippen LogP contribution in [0.2, 0.25) is 0 Å². The van der Waals surface area contributed by atoms with Gasteiger partial charge in [-0.05, 0) is 84.5 Å². The molecule has 0 saturated heterocycles. The highest BCUT2D eigenvalue weighted by molar-refractivity contribution is 6.08. The maximum atomic E-state index is 6.59. The zero-order valence-corrected chi connectivity index (χ0v) is 29.3. The quantitative estimate of drug-likeness (QED) is 0.162. The molecular weight excluding hydrogens is 623 g/mol. The molecule has 0 unspecified atom stereocenters. The molecule has 9 rings (SSSR count). The van der Waals surface area contributed by atoms with Gasteiger partial charge in [-0.2, -0.15) is 0 Å². The molecule has 2 aliphatic carbocycles. The molecule has 4 heteroatoms. The molecule has 0 amide bonds. The predicted octanol–water partition coefficient (Wildman–Crippen LogP) is 12.9. The number of nitrogens with zero attached hydrogens (tertiary/aromatic N) is 3. The number of benzene rings is 4. The molecule has 3 aromatic heterocycles. The van der Waals surface area contributed by atoms with Crippen LogP contribution in [0.3, 0.4) is 0 Å². The van der Waals surface area contributed by atoms with Crippen molar-refractivity contribution < 1.29 is 4.74 Å². The van der Waals surface area contributed by atoms with Gasteiger partial charge in [-0.25, -0.2) is 4.98 Å². The van der Waals surface area contributed by atoms with Crippen LogP contribution in [-0.2, 0) is 6.54 Å². The van der Waals surface area contributed by atoms with Gasteiger partial charge < -0.3 is 9.30 Å². The molecule has 4 nitrogen and oxygen atoms in total. The summed E-state index contributed by atoms with van der Waals surface area (Å²) in [5.41, 5.74) is 10.6. The van der Waals surface area contributed by atoms with E-state index in [9.17, 15) is 0 Å². The highest BCUT2D eigenvalue weighted by Gasteiger charge is 2.21. The molecule has 7 aromatic rings. The third-order valence-corrected chi connectivity index (χ3v) is 11.4. The summed E-state index contributed by atoms with van der Waals surface area (Å²) in [6.07, 6.45) is 17.2. The Morgan fingerprint density at radius 3 is 1.59 bits per heavy atom. The largest absolute Gasteiger partial charge is 0.456 e. The van der Waals surface area contributed by atoms with E-state index < -0.39 is 0 Å². The fourth-order valence-electron chi connectivity index (χ4n) is 8.69. The molecule has 2 saturated carbocycles. The number of fused-ring (bicyclic) bond motifs is 3. The summed E-state index contributed by atoms with van der Waals surface area (Å²) >= 11 is 0. The van der Waals surface area contributed by atoms with Gasteiger partial charge in [0.1, 0.15) is 11.5 Å². The SMILES string of the molecule is c1ccc(-c2cc(Oc3cncc(Cn4c5ccc(C6CCCCC6)cc5c5cc(C6CCCCC6)ccc54)c3)cc(-c3ccccc3)n2)cc1. The molecule has 0 N–H and O–H groups in total. The van der Waals surface area contributed by atoms with Gasteiger partial charge in [0.25, 0.3) is 0 Å². The number of pyridine rings is 2. The summed E-state index contributed by atoms with van der Waals surface area (Å²) in [5, 5.41) is 2.79. The molecule has 4 aromatic carbocycles. The van der Waals surface area contributed by atoms with Gasteiger partial charge >= 0.3 is 0 Å². The van der Waals surface area contributed by atoms with Crippen LogP contribution >= 0.6 is 0 Å². The smallest absolute Gasteiger partial charge is 0.146 e. The average Bonchev–Trinajstić information content (AvgIpc) is 3.51. The number of rotatable bonds is 8. The van der Waals surface area contributed by atoms with Gasteiger partial charge in [0.15, 0.2) is 0 Å². The Balaban J connectivity index is 1.07. The topological polar surface area (TPSA) is 39.9 Å². The van der Waals surface area contributed by atoms with Crippen LogP contribution in [0.25, 0.3) is 44.3 Å². The van der Waals surface area contributed by atoms with Gasteiger partial charge in [-0.15, -0.1) is 0 Å². The standard InChI is InChI=1S/C47H45N3O/c1-5-13-34(14-6-1)38-21-23-46-42(26-38)43-27-39(35-15-7-2-8-16-35)22-24-47(43)50(46)32-33-25-41(31-48-30-33)51-40-28-44(36-17-9-3-10-18-36)49-45(29-40)37-19-11-4-12-20-37/h3-4,9-12,17-31,34-35H,1-2,5-8,13-16,32H2. The van der Waals surface area contributed by atoms with Crippen LogP contribution in [-0.4, -0.2) is 14.5 Å². The zero-order valence-electron chi connectivity index (χ0n) is 29.3. The zero-order chi connectivity index (χ0) is 34.0. The van der Waals surface area contributed by atoms with Crippen LogP contribution in [0.5, 0.6) is 11.5 Å². The number of hydrogen-bond acceptors (Lipinski definition) is 3. The Morgan fingerprint density at radius 1 is 0.529 bits per heavy atom. The first-order chi connectivity index (χ1) is 25.2. The molecule has 0 bridgehead atoms. The minimum Gasteiger partial charge on any atom is -0.456 e. The molecule has 0 radical (unpaired) electrons.